The Morgan fingerprint density at radius 2 is 1.78 bits per heavy atom. The molecule has 0 saturated carbocycles. The van der Waals surface area contributed by atoms with Crippen LogP contribution in [0.5, 0.6) is 0 Å². The van der Waals surface area contributed by atoms with E-state index in [0.717, 1.165) is 5.56 Å². The molecule has 3 N–H and O–H groups in total. The molecule has 0 aliphatic carbocycles. The number of hydrogen-bond acceptors (Lipinski definition) is 3. The summed E-state index contributed by atoms with van der Waals surface area (Å²) < 4.78 is 12.9. The van der Waals surface area contributed by atoms with Crippen LogP contribution < -0.4 is 16.1 Å². The zero-order chi connectivity index (χ0) is 19.4. The zero-order valence-corrected chi connectivity index (χ0v) is 14.7. The minimum atomic E-state index is -1.11. The minimum absolute atomic E-state index is 0.327. The number of imide groups is 1. The van der Waals surface area contributed by atoms with Gasteiger partial charge in [-0.1, -0.05) is 30.3 Å². The van der Waals surface area contributed by atoms with E-state index >= 15 is 0 Å². The fourth-order valence-electron chi connectivity index (χ4n) is 2.79. The minimum Gasteiger partial charge on any atom is -0.322 e. The van der Waals surface area contributed by atoms with Gasteiger partial charge in [-0.05, 0) is 49.6 Å². The summed E-state index contributed by atoms with van der Waals surface area (Å²) in [7, 11) is 0. The molecular formula is C19H19FN4O3. The molecule has 2 aromatic carbocycles. The van der Waals surface area contributed by atoms with Crippen molar-refractivity contribution in [3.8, 4) is 0 Å². The molecule has 2 aromatic rings. The molecule has 0 radical (unpaired) electrons. The number of hydrogen-bond donors (Lipinski definition) is 3. The topological polar surface area (TPSA) is 90.5 Å². The van der Waals surface area contributed by atoms with Crippen molar-refractivity contribution in [2.45, 2.75) is 25.3 Å². The summed E-state index contributed by atoms with van der Waals surface area (Å²) >= 11 is 0. The molecule has 1 saturated heterocycles. The molecule has 1 fully saturated rings. The van der Waals surface area contributed by atoms with Gasteiger partial charge in [0.2, 0.25) is 0 Å². The van der Waals surface area contributed by atoms with Gasteiger partial charge in [-0.25, -0.2) is 19.4 Å². The average Bonchev–Trinajstić information content (AvgIpc) is 2.86. The monoisotopic (exact) mass is 370 g/mol. The highest BCUT2D eigenvalue weighted by molar-refractivity contribution is 6.08. The molecule has 1 atom stereocenters. The summed E-state index contributed by atoms with van der Waals surface area (Å²) in [5, 5.41) is 5.71. The number of urea groups is 2. The number of aryl methyl sites for hydroxylation is 1. The first-order chi connectivity index (χ1) is 12.9. The van der Waals surface area contributed by atoms with Gasteiger partial charge in [0.25, 0.3) is 5.91 Å². The molecule has 140 valence electrons. The van der Waals surface area contributed by atoms with Gasteiger partial charge in [-0.15, -0.1) is 0 Å². The maximum absolute atomic E-state index is 12.9. The van der Waals surface area contributed by atoms with Crippen LogP contribution in [-0.2, 0) is 11.2 Å². The van der Waals surface area contributed by atoms with E-state index in [2.05, 4.69) is 16.1 Å². The largest absolute Gasteiger partial charge is 0.344 e. The van der Waals surface area contributed by atoms with Crippen LogP contribution in [0, 0.1) is 5.82 Å². The molecular weight excluding hydrogens is 351 g/mol. The Morgan fingerprint density at radius 3 is 2.44 bits per heavy atom. The van der Waals surface area contributed by atoms with E-state index < -0.39 is 29.3 Å². The van der Waals surface area contributed by atoms with Crippen LogP contribution in [0.4, 0.5) is 19.7 Å². The number of nitrogens with one attached hydrogen (secondary N) is 3. The van der Waals surface area contributed by atoms with E-state index in [-0.39, 0.29) is 0 Å². The summed E-state index contributed by atoms with van der Waals surface area (Å²) in [5.41, 5.74) is 2.48. The van der Waals surface area contributed by atoms with Crippen molar-refractivity contribution in [1.82, 2.24) is 15.8 Å². The van der Waals surface area contributed by atoms with Crippen LogP contribution in [-0.4, -0.2) is 28.5 Å². The normalized spacial score (nSPS) is 19.0. The Hall–Kier alpha value is -3.42. The smallest absolute Gasteiger partial charge is 0.322 e. The highest BCUT2D eigenvalue weighted by Crippen LogP contribution is 2.22. The van der Waals surface area contributed by atoms with E-state index in [4.69, 9.17) is 0 Å². The first-order valence-corrected chi connectivity index (χ1v) is 8.41. The van der Waals surface area contributed by atoms with E-state index in [0.29, 0.717) is 23.5 Å². The van der Waals surface area contributed by atoms with Crippen molar-refractivity contribution in [2.75, 3.05) is 5.32 Å². The fraction of sp³-hybridized carbons (Fsp3) is 0.211. The van der Waals surface area contributed by atoms with Gasteiger partial charge in [0.05, 0.1) is 0 Å². The Balaban J connectivity index is 1.61. The van der Waals surface area contributed by atoms with Crippen molar-refractivity contribution in [2.24, 2.45) is 0 Å². The second-order valence-corrected chi connectivity index (χ2v) is 6.46. The van der Waals surface area contributed by atoms with Crippen molar-refractivity contribution in [3.63, 3.8) is 0 Å². The molecule has 0 aromatic heterocycles. The van der Waals surface area contributed by atoms with Crippen molar-refractivity contribution in [1.29, 1.82) is 0 Å². The number of hydrazine groups is 1. The van der Waals surface area contributed by atoms with Gasteiger partial charge in [0.1, 0.15) is 11.4 Å². The van der Waals surface area contributed by atoms with Crippen LogP contribution in [0.1, 0.15) is 18.9 Å². The summed E-state index contributed by atoms with van der Waals surface area (Å²) in [5.74, 6) is -0.984. The van der Waals surface area contributed by atoms with E-state index in [9.17, 15) is 18.8 Å². The predicted molar refractivity (Wildman–Crippen MR) is 97.1 cm³/mol. The van der Waals surface area contributed by atoms with Crippen LogP contribution in [0.15, 0.2) is 54.6 Å². The molecule has 27 heavy (non-hydrogen) atoms. The Bertz CT molecular complexity index is 857. The fourth-order valence-corrected chi connectivity index (χ4v) is 2.79. The van der Waals surface area contributed by atoms with E-state index in [1.165, 1.54) is 24.3 Å². The number of rotatable bonds is 5. The lowest BCUT2D eigenvalue weighted by molar-refractivity contribution is -0.132. The number of nitrogens with zero attached hydrogens (tertiary/aromatic N) is 1. The molecule has 1 aliphatic heterocycles. The van der Waals surface area contributed by atoms with Crippen molar-refractivity contribution >= 4 is 23.7 Å². The second kappa shape index (κ2) is 7.45. The number of carbonyl (C=O) groups excluding carboxylic acids is 3. The lowest BCUT2D eigenvalue weighted by atomic mass is 9.93. The molecule has 1 aliphatic rings. The van der Waals surface area contributed by atoms with Crippen LogP contribution in [0.25, 0.3) is 0 Å². The molecule has 8 heteroatoms. The third-order valence-corrected chi connectivity index (χ3v) is 4.33. The van der Waals surface area contributed by atoms with Gasteiger partial charge in [0, 0.05) is 5.69 Å². The standard InChI is InChI=1S/C19H19FN4O3/c1-19(12-11-13-5-3-2-4-6-13)16(25)24(18(27)22-19)23-17(26)21-15-9-7-14(20)8-10-15/h2-10H,11-12H2,1H3,(H,22,27)(H2,21,23,26)/t19-/m1/s1. The lowest BCUT2D eigenvalue weighted by Crippen LogP contribution is -2.50. The van der Waals surface area contributed by atoms with Gasteiger partial charge in [-0.3, -0.25) is 4.79 Å². The molecule has 3 rings (SSSR count). The number of halogens is 1. The molecule has 0 bridgehead atoms. The predicted octanol–water partition coefficient (Wildman–Crippen LogP) is 2.81. The van der Waals surface area contributed by atoms with Gasteiger partial charge < -0.3 is 10.6 Å². The Labute approximate surface area is 155 Å². The maximum atomic E-state index is 12.9. The summed E-state index contributed by atoms with van der Waals surface area (Å²) in [4.78, 5) is 36.8. The highest BCUT2D eigenvalue weighted by atomic mass is 19.1. The quantitative estimate of drug-likeness (QED) is 0.707. The number of benzene rings is 2. The first-order valence-electron chi connectivity index (χ1n) is 8.41. The van der Waals surface area contributed by atoms with Crippen LogP contribution >= 0.6 is 0 Å². The summed E-state index contributed by atoms with van der Waals surface area (Å²) in [6.07, 6.45) is 0.984. The lowest BCUT2D eigenvalue weighted by Gasteiger charge is -2.21. The molecule has 0 unspecified atom stereocenters. The third-order valence-electron chi connectivity index (χ3n) is 4.33. The number of amides is 5. The molecule has 7 nitrogen and oxygen atoms in total. The van der Waals surface area contributed by atoms with Gasteiger partial charge in [0.15, 0.2) is 0 Å². The maximum Gasteiger partial charge on any atom is 0.344 e. The SMILES string of the molecule is C[C@]1(CCc2ccccc2)NC(=O)N(NC(=O)Nc2ccc(F)cc2)C1=O. The summed E-state index contributed by atoms with van der Waals surface area (Å²) in [6, 6.07) is 13.2. The third kappa shape index (κ3) is 4.22. The first kappa shape index (κ1) is 18.4. The van der Waals surface area contributed by atoms with Crippen LogP contribution in [0.3, 0.4) is 0 Å². The van der Waals surface area contributed by atoms with E-state index in [1.54, 1.807) is 6.92 Å². The molecule has 1 heterocycles. The second-order valence-electron chi connectivity index (χ2n) is 6.46. The molecule has 5 amide bonds. The Morgan fingerprint density at radius 1 is 1.11 bits per heavy atom. The van der Waals surface area contributed by atoms with Crippen molar-refractivity contribution in [3.05, 3.63) is 66.0 Å². The molecule has 0 spiro atoms. The van der Waals surface area contributed by atoms with Gasteiger partial charge in [-0.2, -0.15) is 5.01 Å². The van der Waals surface area contributed by atoms with Gasteiger partial charge >= 0.3 is 12.1 Å². The summed E-state index contributed by atoms with van der Waals surface area (Å²) in [6.45, 7) is 1.62. The van der Waals surface area contributed by atoms with Crippen LogP contribution in [0.2, 0.25) is 0 Å². The Kier molecular flexibility index (Phi) is 5.07. The van der Waals surface area contributed by atoms with E-state index in [1.807, 2.05) is 30.3 Å². The number of carbonyl (C=O) groups is 3. The number of anilines is 1. The zero-order valence-electron chi connectivity index (χ0n) is 14.7. The average molecular weight is 370 g/mol. The highest BCUT2D eigenvalue weighted by Gasteiger charge is 2.48. The van der Waals surface area contributed by atoms with Crippen molar-refractivity contribution < 1.29 is 18.8 Å².